The van der Waals surface area contributed by atoms with Crippen LogP contribution in [0, 0.1) is 22.0 Å². The van der Waals surface area contributed by atoms with Gasteiger partial charge in [-0.3, -0.25) is 14.9 Å². The SMILES string of the molecule is CCOC(=O)[C@H](C[N+](=O)[O-])[C@@H](C=O)Cc1ccccc1. The third-order valence-corrected chi connectivity index (χ3v) is 2.94. The van der Waals surface area contributed by atoms with E-state index in [0.717, 1.165) is 5.56 Å². The summed E-state index contributed by atoms with van der Waals surface area (Å²) in [5.41, 5.74) is 0.849. The number of benzene rings is 1. The fourth-order valence-electron chi connectivity index (χ4n) is 1.97. The molecule has 0 spiro atoms. The second kappa shape index (κ2) is 8.04. The molecule has 0 saturated carbocycles. The van der Waals surface area contributed by atoms with Crippen molar-refractivity contribution in [2.75, 3.05) is 13.2 Å². The normalized spacial score (nSPS) is 13.2. The lowest BCUT2D eigenvalue weighted by atomic mass is 9.88. The number of nitrogens with zero attached hydrogens (tertiary/aromatic N) is 1. The predicted octanol–water partition coefficient (Wildman–Crippen LogP) is 1.50. The van der Waals surface area contributed by atoms with E-state index in [4.69, 9.17) is 4.74 Å². The number of carbonyl (C=O) groups is 2. The van der Waals surface area contributed by atoms with Crippen LogP contribution >= 0.6 is 0 Å². The molecule has 0 radical (unpaired) electrons. The molecule has 0 unspecified atom stereocenters. The highest BCUT2D eigenvalue weighted by Gasteiger charge is 2.34. The molecule has 0 aliphatic rings. The van der Waals surface area contributed by atoms with Crippen molar-refractivity contribution >= 4 is 12.3 Å². The molecule has 0 fully saturated rings. The van der Waals surface area contributed by atoms with Crippen LogP contribution < -0.4 is 0 Å². The van der Waals surface area contributed by atoms with E-state index in [2.05, 4.69) is 0 Å². The Morgan fingerprint density at radius 3 is 2.55 bits per heavy atom. The standard InChI is InChI=1S/C14H17NO5/c1-2-20-14(17)13(9-15(18)19)12(10-16)8-11-6-4-3-5-7-11/h3-7,10,12-13H,2,8-9H2,1H3/t12-,13-/m1/s1. The van der Waals surface area contributed by atoms with E-state index in [9.17, 15) is 19.7 Å². The molecule has 0 heterocycles. The first-order valence-electron chi connectivity index (χ1n) is 6.36. The summed E-state index contributed by atoms with van der Waals surface area (Å²) in [6.07, 6.45) is 0.875. The van der Waals surface area contributed by atoms with E-state index < -0.39 is 29.3 Å². The summed E-state index contributed by atoms with van der Waals surface area (Å²) in [5.74, 6) is -2.51. The lowest BCUT2D eigenvalue weighted by Gasteiger charge is -2.18. The van der Waals surface area contributed by atoms with Gasteiger partial charge in [0.15, 0.2) is 0 Å². The van der Waals surface area contributed by atoms with Crippen molar-refractivity contribution < 1.29 is 19.2 Å². The zero-order valence-corrected chi connectivity index (χ0v) is 11.2. The van der Waals surface area contributed by atoms with Gasteiger partial charge in [-0.2, -0.15) is 0 Å². The molecule has 0 aliphatic heterocycles. The Morgan fingerprint density at radius 2 is 2.05 bits per heavy atom. The first-order chi connectivity index (χ1) is 9.58. The average molecular weight is 279 g/mol. The highest BCUT2D eigenvalue weighted by Crippen LogP contribution is 2.18. The van der Waals surface area contributed by atoms with Gasteiger partial charge in [-0.25, -0.2) is 0 Å². The van der Waals surface area contributed by atoms with Crippen LogP contribution in [-0.4, -0.2) is 30.3 Å². The van der Waals surface area contributed by atoms with Crippen LogP contribution in [0.4, 0.5) is 0 Å². The molecule has 1 aromatic rings. The van der Waals surface area contributed by atoms with Crippen molar-refractivity contribution in [2.45, 2.75) is 13.3 Å². The van der Waals surface area contributed by atoms with E-state index in [1.54, 1.807) is 6.92 Å². The number of rotatable bonds is 8. The number of esters is 1. The maximum Gasteiger partial charge on any atom is 0.316 e. The molecule has 0 aromatic heterocycles. The van der Waals surface area contributed by atoms with Crippen LogP contribution in [0.15, 0.2) is 30.3 Å². The van der Waals surface area contributed by atoms with Crippen molar-refractivity contribution in [3.05, 3.63) is 46.0 Å². The summed E-state index contributed by atoms with van der Waals surface area (Å²) in [5, 5.41) is 10.7. The minimum Gasteiger partial charge on any atom is -0.466 e. The number of aldehydes is 1. The molecule has 6 nitrogen and oxygen atoms in total. The summed E-state index contributed by atoms with van der Waals surface area (Å²) in [6, 6.07) is 9.07. The Labute approximate surface area is 116 Å². The van der Waals surface area contributed by atoms with Crippen molar-refractivity contribution in [3.8, 4) is 0 Å². The molecule has 0 saturated heterocycles. The van der Waals surface area contributed by atoms with Crippen molar-refractivity contribution in [3.63, 3.8) is 0 Å². The zero-order chi connectivity index (χ0) is 15.0. The quantitative estimate of drug-likeness (QED) is 0.311. The molecular weight excluding hydrogens is 262 g/mol. The Hall–Kier alpha value is -2.24. The van der Waals surface area contributed by atoms with Crippen molar-refractivity contribution in [1.82, 2.24) is 0 Å². The maximum absolute atomic E-state index is 11.8. The molecule has 1 rings (SSSR count). The first kappa shape index (κ1) is 15.8. The summed E-state index contributed by atoms with van der Waals surface area (Å²) in [6.45, 7) is 1.15. The number of carbonyl (C=O) groups excluding carboxylic acids is 2. The van der Waals surface area contributed by atoms with E-state index in [1.165, 1.54) is 0 Å². The van der Waals surface area contributed by atoms with Gasteiger partial charge in [-0.15, -0.1) is 0 Å². The summed E-state index contributed by atoms with van der Waals surface area (Å²) in [7, 11) is 0. The Morgan fingerprint density at radius 1 is 1.40 bits per heavy atom. The lowest BCUT2D eigenvalue weighted by Crippen LogP contribution is -2.34. The molecule has 0 bridgehead atoms. The monoisotopic (exact) mass is 279 g/mol. The smallest absolute Gasteiger partial charge is 0.316 e. The van der Waals surface area contributed by atoms with Crippen LogP contribution in [0.1, 0.15) is 12.5 Å². The fraction of sp³-hybridized carbons (Fsp3) is 0.429. The highest BCUT2D eigenvalue weighted by atomic mass is 16.6. The Balaban J connectivity index is 2.87. The van der Waals surface area contributed by atoms with Gasteiger partial charge in [-0.05, 0) is 18.9 Å². The number of hydrogen-bond donors (Lipinski definition) is 0. The molecule has 0 N–H and O–H groups in total. The Bertz CT molecular complexity index is 460. The molecule has 6 heteroatoms. The van der Waals surface area contributed by atoms with Gasteiger partial charge in [0.05, 0.1) is 6.61 Å². The lowest BCUT2D eigenvalue weighted by molar-refractivity contribution is -0.487. The van der Waals surface area contributed by atoms with Crippen LogP contribution in [0.2, 0.25) is 0 Å². The second-order valence-corrected chi connectivity index (χ2v) is 4.36. The number of nitro groups is 1. The van der Waals surface area contributed by atoms with E-state index >= 15 is 0 Å². The van der Waals surface area contributed by atoms with Gasteiger partial charge in [0.2, 0.25) is 6.54 Å². The molecule has 1 aromatic carbocycles. The predicted molar refractivity (Wildman–Crippen MR) is 71.7 cm³/mol. The molecule has 0 amide bonds. The third kappa shape index (κ3) is 4.79. The van der Waals surface area contributed by atoms with Gasteiger partial charge < -0.3 is 9.53 Å². The first-order valence-corrected chi connectivity index (χ1v) is 6.36. The summed E-state index contributed by atoms with van der Waals surface area (Å²) >= 11 is 0. The largest absolute Gasteiger partial charge is 0.466 e. The van der Waals surface area contributed by atoms with Gasteiger partial charge in [-0.1, -0.05) is 30.3 Å². The van der Waals surface area contributed by atoms with E-state index in [-0.39, 0.29) is 13.0 Å². The molecule has 0 aliphatic carbocycles. The zero-order valence-electron chi connectivity index (χ0n) is 11.2. The van der Waals surface area contributed by atoms with Gasteiger partial charge in [0.25, 0.3) is 0 Å². The van der Waals surface area contributed by atoms with Gasteiger partial charge >= 0.3 is 5.97 Å². The Kier molecular flexibility index (Phi) is 6.36. The van der Waals surface area contributed by atoms with Gasteiger partial charge in [0, 0.05) is 10.8 Å². The highest BCUT2D eigenvalue weighted by molar-refractivity contribution is 5.77. The topological polar surface area (TPSA) is 86.5 Å². The van der Waals surface area contributed by atoms with Crippen LogP contribution in [0.5, 0.6) is 0 Å². The molecule has 108 valence electrons. The van der Waals surface area contributed by atoms with Crippen LogP contribution in [-0.2, 0) is 20.7 Å². The molecule has 2 atom stereocenters. The maximum atomic E-state index is 11.8. The third-order valence-electron chi connectivity index (χ3n) is 2.94. The molecule has 20 heavy (non-hydrogen) atoms. The molecular formula is C14H17NO5. The van der Waals surface area contributed by atoms with Crippen molar-refractivity contribution in [2.24, 2.45) is 11.8 Å². The van der Waals surface area contributed by atoms with E-state index in [1.807, 2.05) is 30.3 Å². The fourth-order valence-corrected chi connectivity index (χ4v) is 1.97. The number of ether oxygens (including phenoxy) is 1. The summed E-state index contributed by atoms with van der Waals surface area (Å²) in [4.78, 5) is 33.1. The summed E-state index contributed by atoms with van der Waals surface area (Å²) < 4.78 is 4.82. The van der Waals surface area contributed by atoms with Crippen LogP contribution in [0.25, 0.3) is 0 Å². The van der Waals surface area contributed by atoms with Crippen LogP contribution in [0.3, 0.4) is 0 Å². The van der Waals surface area contributed by atoms with Crippen molar-refractivity contribution in [1.29, 1.82) is 0 Å². The van der Waals surface area contributed by atoms with E-state index in [0.29, 0.717) is 6.29 Å². The minimum atomic E-state index is -1.05. The average Bonchev–Trinajstić information content (AvgIpc) is 2.43. The number of hydrogen-bond acceptors (Lipinski definition) is 5. The second-order valence-electron chi connectivity index (χ2n) is 4.36. The minimum absolute atomic E-state index is 0.129. The van der Waals surface area contributed by atoms with Gasteiger partial charge in [0.1, 0.15) is 12.2 Å².